The number of hydrogen-bond donors (Lipinski definition) is 1. The molecule has 0 saturated carbocycles. The van der Waals surface area contributed by atoms with Gasteiger partial charge in [-0.05, 0) is 37.1 Å². The lowest BCUT2D eigenvalue weighted by Gasteiger charge is -2.24. The fourth-order valence-corrected chi connectivity index (χ4v) is 2.79. The maximum absolute atomic E-state index is 10.7. The molecule has 3 heteroatoms. The summed E-state index contributed by atoms with van der Waals surface area (Å²) in [5, 5.41) is 11.3. The zero-order chi connectivity index (χ0) is 14.0. The monoisotopic (exact) mass is 338 g/mol. The van der Waals surface area contributed by atoms with Crippen molar-refractivity contribution in [3.05, 3.63) is 68.7 Å². The topological polar surface area (TPSA) is 20.2 Å². The first-order chi connectivity index (χ1) is 8.88. The van der Waals surface area contributed by atoms with Crippen LogP contribution in [-0.4, -0.2) is 5.11 Å². The van der Waals surface area contributed by atoms with Gasteiger partial charge in [-0.2, -0.15) is 0 Å². The first kappa shape index (κ1) is 14.6. The molecule has 0 aliphatic carbocycles. The van der Waals surface area contributed by atoms with E-state index in [2.05, 4.69) is 15.9 Å². The zero-order valence-electron chi connectivity index (χ0n) is 11.0. The molecule has 0 aliphatic heterocycles. The standard InChI is InChI=1S/C16H16BrClO/c1-11-3-6-13(7-4-11)16(2,19)10-12-5-8-14(17)9-15(12)18/h3-9,19H,10H2,1-2H3. The Kier molecular flexibility index (Phi) is 4.34. The van der Waals surface area contributed by atoms with Crippen molar-refractivity contribution < 1.29 is 5.11 Å². The molecule has 0 aromatic heterocycles. The van der Waals surface area contributed by atoms with Crippen molar-refractivity contribution in [3.8, 4) is 0 Å². The molecule has 100 valence electrons. The van der Waals surface area contributed by atoms with Crippen LogP contribution in [0.15, 0.2) is 46.9 Å². The first-order valence-electron chi connectivity index (χ1n) is 6.12. The fraction of sp³-hybridized carbons (Fsp3) is 0.250. The largest absolute Gasteiger partial charge is 0.385 e. The quantitative estimate of drug-likeness (QED) is 0.846. The van der Waals surface area contributed by atoms with Gasteiger partial charge >= 0.3 is 0 Å². The Hall–Kier alpha value is -0.830. The summed E-state index contributed by atoms with van der Waals surface area (Å²) in [5.74, 6) is 0. The van der Waals surface area contributed by atoms with E-state index in [4.69, 9.17) is 11.6 Å². The highest BCUT2D eigenvalue weighted by atomic mass is 79.9. The molecule has 0 heterocycles. The minimum absolute atomic E-state index is 0.488. The normalized spacial score (nSPS) is 14.2. The Morgan fingerprint density at radius 3 is 2.37 bits per heavy atom. The molecule has 2 aromatic carbocycles. The highest BCUT2D eigenvalue weighted by Crippen LogP contribution is 2.30. The van der Waals surface area contributed by atoms with Crippen LogP contribution in [0.3, 0.4) is 0 Å². The van der Waals surface area contributed by atoms with E-state index >= 15 is 0 Å². The molecule has 0 aliphatic rings. The van der Waals surface area contributed by atoms with Gasteiger partial charge in [-0.3, -0.25) is 0 Å². The van der Waals surface area contributed by atoms with Gasteiger partial charge in [0.2, 0.25) is 0 Å². The molecule has 0 spiro atoms. The minimum atomic E-state index is -0.925. The lowest BCUT2D eigenvalue weighted by molar-refractivity contribution is 0.0576. The van der Waals surface area contributed by atoms with E-state index in [0.717, 1.165) is 15.6 Å². The lowest BCUT2D eigenvalue weighted by atomic mass is 9.88. The van der Waals surface area contributed by atoms with E-state index in [0.29, 0.717) is 11.4 Å². The molecule has 1 atom stereocenters. The summed E-state index contributed by atoms with van der Waals surface area (Å²) in [4.78, 5) is 0. The van der Waals surface area contributed by atoms with Crippen LogP contribution in [0.1, 0.15) is 23.6 Å². The molecule has 2 aromatic rings. The van der Waals surface area contributed by atoms with Crippen molar-refractivity contribution in [2.45, 2.75) is 25.9 Å². The third-order valence-corrected chi connectivity index (χ3v) is 4.07. The third-order valence-electron chi connectivity index (χ3n) is 3.22. The molecule has 1 N–H and O–H groups in total. The molecule has 0 saturated heterocycles. The molecular weight excluding hydrogens is 324 g/mol. The number of hydrogen-bond acceptors (Lipinski definition) is 1. The first-order valence-corrected chi connectivity index (χ1v) is 7.29. The van der Waals surface area contributed by atoms with Crippen molar-refractivity contribution in [2.24, 2.45) is 0 Å². The van der Waals surface area contributed by atoms with Gasteiger partial charge in [-0.1, -0.05) is 63.4 Å². The van der Waals surface area contributed by atoms with Gasteiger partial charge in [0.15, 0.2) is 0 Å². The summed E-state index contributed by atoms with van der Waals surface area (Å²) in [6.07, 6.45) is 0.488. The van der Waals surface area contributed by atoms with E-state index in [1.54, 1.807) is 0 Å². The Morgan fingerprint density at radius 1 is 1.16 bits per heavy atom. The number of halogens is 2. The van der Waals surface area contributed by atoms with Gasteiger partial charge in [0.05, 0.1) is 5.60 Å². The van der Waals surface area contributed by atoms with E-state index < -0.39 is 5.60 Å². The Balaban J connectivity index is 2.27. The number of aryl methyl sites for hydroxylation is 1. The molecule has 0 bridgehead atoms. The summed E-state index contributed by atoms with van der Waals surface area (Å²) in [5.41, 5.74) is 2.10. The minimum Gasteiger partial charge on any atom is -0.385 e. The highest BCUT2D eigenvalue weighted by molar-refractivity contribution is 9.10. The average molecular weight is 340 g/mol. The predicted octanol–water partition coefficient (Wildman–Crippen LogP) is 4.86. The highest BCUT2D eigenvalue weighted by Gasteiger charge is 2.24. The number of rotatable bonds is 3. The Morgan fingerprint density at radius 2 is 1.79 bits per heavy atom. The average Bonchev–Trinajstić information content (AvgIpc) is 2.33. The van der Waals surface area contributed by atoms with Crippen LogP contribution in [0, 0.1) is 6.92 Å². The van der Waals surface area contributed by atoms with E-state index in [-0.39, 0.29) is 0 Å². The second-order valence-corrected chi connectivity index (χ2v) is 6.38. The smallest absolute Gasteiger partial charge is 0.0909 e. The maximum atomic E-state index is 10.7. The summed E-state index contributed by atoms with van der Waals surface area (Å²) in [6.45, 7) is 3.85. The Bertz CT molecular complexity index is 576. The second kappa shape index (κ2) is 5.66. The number of benzene rings is 2. The zero-order valence-corrected chi connectivity index (χ0v) is 13.3. The second-order valence-electron chi connectivity index (χ2n) is 5.05. The maximum Gasteiger partial charge on any atom is 0.0909 e. The summed E-state index contributed by atoms with van der Waals surface area (Å²) < 4.78 is 0.941. The van der Waals surface area contributed by atoms with Gasteiger partial charge in [-0.25, -0.2) is 0 Å². The van der Waals surface area contributed by atoms with Crippen LogP contribution < -0.4 is 0 Å². The van der Waals surface area contributed by atoms with Gasteiger partial charge in [0.25, 0.3) is 0 Å². The number of aliphatic hydroxyl groups is 1. The van der Waals surface area contributed by atoms with E-state index in [1.807, 2.05) is 56.3 Å². The van der Waals surface area contributed by atoms with Gasteiger partial charge < -0.3 is 5.11 Å². The fourth-order valence-electron chi connectivity index (χ4n) is 2.05. The lowest BCUT2D eigenvalue weighted by Crippen LogP contribution is -2.24. The summed E-state index contributed by atoms with van der Waals surface area (Å²) in [6, 6.07) is 13.7. The molecule has 1 nitrogen and oxygen atoms in total. The summed E-state index contributed by atoms with van der Waals surface area (Å²) in [7, 11) is 0. The van der Waals surface area contributed by atoms with Crippen molar-refractivity contribution in [3.63, 3.8) is 0 Å². The van der Waals surface area contributed by atoms with Crippen LogP contribution in [0.25, 0.3) is 0 Å². The van der Waals surface area contributed by atoms with Crippen molar-refractivity contribution in [1.29, 1.82) is 0 Å². The van der Waals surface area contributed by atoms with Crippen LogP contribution in [0.4, 0.5) is 0 Å². The van der Waals surface area contributed by atoms with E-state index in [1.165, 1.54) is 5.56 Å². The molecule has 19 heavy (non-hydrogen) atoms. The molecule has 0 amide bonds. The Labute approximate surface area is 127 Å². The molecule has 0 fully saturated rings. The molecule has 0 radical (unpaired) electrons. The van der Waals surface area contributed by atoms with Gasteiger partial charge in [-0.15, -0.1) is 0 Å². The van der Waals surface area contributed by atoms with Gasteiger partial charge in [0.1, 0.15) is 0 Å². The SMILES string of the molecule is Cc1ccc(C(C)(O)Cc2ccc(Br)cc2Cl)cc1. The molecule has 2 rings (SSSR count). The van der Waals surface area contributed by atoms with Crippen molar-refractivity contribution in [2.75, 3.05) is 0 Å². The van der Waals surface area contributed by atoms with Gasteiger partial charge in [0, 0.05) is 15.9 Å². The van der Waals surface area contributed by atoms with Crippen LogP contribution in [0.2, 0.25) is 5.02 Å². The third kappa shape index (κ3) is 3.59. The summed E-state index contributed by atoms with van der Waals surface area (Å²) >= 11 is 9.59. The van der Waals surface area contributed by atoms with Crippen molar-refractivity contribution in [1.82, 2.24) is 0 Å². The molecular formula is C16H16BrClO. The van der Waals surface area contributed by atoms with E-state index in [9.17, 15) is 5.11 Å². The van der Waals surface area contributed by atoms with Crippen molar-refractivity contribution >= 4 is 27.5 Å². The molecule has 1 unspecified atom stereocenters. The van der Waals surface area contributed by atoms with Crippen LogP contribution in [-0.2, 0) is 12.0 Å². The predicted molar refractivity (Wildman–Crippen MR) is 83.6 cm³/mol. The van der Waals surface area contributed by atoms with Crippen LogP contribution in [0.5, 0.6) is 0 Å². The van der Waals surface area contributed by atoms with Crippen LogP contribution >= 0.6 is 27.5 Å².